The first kappa shape index (κ1) is 13.1. The Kier molecular flexibility index (Phi) is 4.02. The van der Waals surface area contributed by atoms with Gasteiger partial charge in [0.2, 0.25) is 0 Å². The van der Waals surface area contributed by atoms with Gasteiger partial charge in [-0.15, -0.1) is 0 Å². The number of H-pyrrole nitrogens is 1. The molecule has 3 nitrogen and oxygen atoms in total. The Morgan fingerprint density at radius 1 is 1.33 bits per heavy atom. The molecule has 98 valence electrons. The fourth-order valence-corrected chi connectivity index (χ4v) is 2.44. The number of hydrogen-bond donors (Lipinski definition) is 2. The minimum atomic E-state index is 0.549. The molecule has 2 N–H and O–H groups in total. The smallest absolute Gasteiger partial charge is 0.106 e. The van der Waals surface area contributed by atoms with E-state index in [1.807, 2.05) is 7.05 Å². The van der Waals surface area contributed by atoms with Gasteiger partial charge in [-0.25, -0.2) is 4.98 Å². The van der Waals surface area contributed by atoms with Crippen molar-refractivity contribution in [2.24, 2.45) is 5.92 Å². The van der Waals surface area contributed by atoms with Crippen LogP contribution in [0, 0.1) is 5.92 Å². The quantitative estimate of drug-likeness (QED) is 0.850. The van der Waals surface area contributed by atoms with Crippen molar-refractivity contribution in [1.82, 2.24) is 15.3 Å². The standard InChI is InChI=1S/C15H23N3/c1-5-15-17-13-7-6-11(8-14(13)18-15)12(9-16-4)10(2)3/h6-8,10,12,16H,5,9H2,1-4H3,(H,17,18). The van der Waals surface area contributed by atoms with Crippen LogP contribution in [-0.4, -0.2) is 23.6 Å². The molecule has 1 heterocycles. The van der Waals surface area contributed by atoms with Crippen LogP contribution >= 0.6 is 0 Å². The van der Waals surface area contributed by atoms with Crippen LogP contribution < -0.4 is 5.32 Å². The van der Waals surface area contributed by atoms with Crippen LogP contribution in [0.15, 0.2) is 18.2 Å². The van der Waals surface area contributed by atoms with Gasteiger partial charge in [0.05, 0.1) is 11.0 Å². The van der Waals surface area contributed by atoms with E-state index in [4.69, 9.17) is 0 Å². The van der Waals surface area contributed by atoms with Crippen molar-refractivity contribution in [3.8, 4) is 0 Å². The Morgan fingerprint density at radius 2 is 2.11 bits per heavy atom. The summed E-state index contributed by atoms with van der Waals surface area (Å²) in [5, 5.41) is 3.29. The molecule has 0 amide bonds. The number of aromatic amines is 1. The van der Waals surface area contributed by atoms with Gasteiger partial charge in [0.1, 0.15) is 5.82 Å². The number of likely N-dealkylation sites (N-methyl/N-ethyl adjacent to an activating group) is 1. The van der Waals surface area contributed by atoms with Gasteiger partial charge in [-0.1, -0.05) is 26.8 Å². The number of rotatable bonds is 5. The number of aromatic nitrogens is 2. The number of hydrogen-bond acceptors (Lipinski definition) is 2. The van der Waals surface area contributed by atoms with Crippen LogP contribution in [0.4, 0.5) is 0 Å². The fourth-order valence-electron chi connectivity index (χ4n) is 2.44. The number of imidazole rings is 1. The summed E-state index contributed by atoms with van der Waals surface area (Å²) in [6.07, 6.45) is 0.953. The normalized spacial score (nSPS) is 13.4. The maximum atomic E-state index is 4.55. The second-order valence-corrected chi connectivity index (χ2v) is 5.22. The lowest BCUT2D eigenvalue weighted by Gasteiger charge is -2.21. The molecule has 0 aliphatic carbocycles. The number of nitrogens with one attached hydrogen (secondary N) is 2. The average Bonchev–Trinajstić information content (AvgIpc) is 2.77. The second kappa shape index (κ2) is 5.53. The lowest BCUT2D eigenvalue weighted by atomic mass is 9.88. The zero-order valence-electron chi connectivity index (χ0n) is 11.7. The van der Waals surface area contributed by atoms with E-state index in [-0.39, 0.29) is 0 Å². The molecule has 1 unspecified atom stereocenters. The van der Waals surface area contributed by atoms with E-state index >= 15 is 0 Å². The molecule has 0 fully saturated rings. The molecule has 0 saturated heterocycles. The second-order valence-electron chi connectivity index (χ2n) is 5.22. The maximum Gasteiger partial charge on any atom is 0.106 e. The molecule has 3 heteroatoms. The van der Waals surface area contributed by atoms with Gasteiger partial charge < -0.3 is 10.3 Å². The van der Waals surface area contributed by atoms with Crippen LogP contribution in [-0.2, 0) is 6.42 Å². The van der Waals surface area contributed by atoms with Gasteiger partial charge in [-0.2, -0.15) is 0 Å². The lowest BCUT2D eigenvalue weighted by Crippen LogP contribution is -2.21. The van der Waals surface area contributed by atoms with E-state index in [0.29, 0.717) is 11.8 Å². The first-order chi connectivity index (χ1) is 8.65. The molecule has 0 bridgehead atoms. The summed E-state index contributed by atoms with van der Waals surface area (Å²) in [6, 6.07) is 6.60. The van der Waals surface area contributed by atoms with Crippen LogP contribution in [0.3, 0.4) is 0 Å². The Bertz CT molecular complexity index is 513. The SMILES string of the molecule is CCc1nc2ccc(C(CNC)C(C)C)cc2[nH]1. The summed E-state index contributed by atoms with van der Waals surface area (Å²) in [5.74, 6) is 2.24. The molecule has 1 aromatic heterocycles. The maximum absolute atomic E-state index is 4.55. The van der Waals surface area contributed by atoms with Crippen LogP contribution in [0.25, 0.3) is 11.0 Å². The summed E-state index contributed by atoms with van der Waals surface area (Å²) in [7, 11) is 2.01. The third-order valence-corrected chi connectivity index (χ3v) is 3.55. The van der Waals surface area contributed by atoms with E-state index in [1.165, 1.54) is 5.56 Å². The Hall–Kier alpha value is -1.35. The highest BCUT2D eigenvalue weighted by Crippen LogP contribution is 2.26. The number of aryl methyl sites for hydroxylation is 1. The summed E-state index contributed by atoms with van der Waals surface area (Å²) in [4.78, 5) is 7.94. The van der Waals surface area contributed by atoms with Crippen LogP contribution in [0.1, 0.15) is 38.1 Å². The molecule has 2 rings (SSSR count). The molecule has 0 aliphatic rings. The molecule has 1 atom stereocenters. The van der Waals surface area contributed by atoms with Crippen molar-refractivity contribution in [2.75, 3.05) is 13.6 Å². The monoisotopic (exact) mass is 245 g/mol. The van der Waals surface area contributed by atoms with Gasteiger partial charge in [-0.3, -0.25) is 0 Å². The Morgan fingerprint density at radius 3 is 2.72 bits per heavy atom. The zero-order chi connectivity index (χ0) is 13.1. The summed E-state index contributed by atoms with van der Waals surface area (Å²) in [5.41, 5.74) is 3.62. The summed E-state index contributed by atoms with van der Waals surface area (Å²) in [6.45, 7) is 7.68. The Labute approximate surface area is 109 Å². The Balaban J connectivity index is 2.38. The van der Waals surface area contributed by atoms with Crippen molar-refractivity contribution in [2.45, 2.75) is 33.1 Å². The molecule has 0 radical (unpaired) electrons. The van der Waals surface area contributed by atoms with Crippen LogP contribution in [0.5, 0.6) is 0 Å². The first-order valence-electron chi connectivity index (χ1n) is 6.78. The predicted molar refractivity (Wildman–Crippen MR) is 77.0 cm³/mol. The van der Waals surface area contributed by atoms with E-state index < -0.39 is 0 Å². The first-order valence-corrected chi connectivity index (χ1v) is 6.78. The lowest BCUT2D eigenvalue weighted by molar-refractivity contribution is 0.478. The number of fused-ring (bicyclic) bond motifs is 1. The minimum Gasteiger partial charge on any atom is -0.342 e. The summed E-state index contributed by atoms with van der Waals surface area (Å²) >= 11 is 0. The van der Waals surface area contributed by atoms with E-state index in [1.54, 1.807) is 0 Å². The fraction of sp³-hybridized carbons (Fsp3) is 0.533. The van der Waals surface area contributed by atoms with Gasteiger partial charge >= 0.3 is 0 Å². The van der Waals surface area contributed by atoms with Crippen molar-refractivity contribution in [1.29, 1.82) is 0 Å². The molecular formula is C15H23N3. The van der Waals surface area contributed by atoms with Crippen molar-refractivity contribution in [3.05, 3.63) is 29.6 Å². The van der Waals surface area contributed by atoms with E-state index in [0.717, 1.165) is 29.8 Å². The van der Waals surface area contributed by atoms with Crippen molar-refractivity contribution < 1.29 is 0 Å². The number of nitrogens with zero attached hydrogens (tertiary/aromatic N) is 1. The number of benzene rings is 1. The molecule has 0 aliphatic heterocycles. The molecule has 1 aromatic carbocycles. The van der Waals surface area contributed by atoms with Gasteiger partial charge in [0.15, 0.2) is 0 Å². The molecule has 0 spiro atoms. The third-order valence-electron chi connectivity index (χ3n) is 3.55. The van der Waals surface area contributed by atoms with Gasteiger partial charge in [0, 0.05) is 13.0 Å². The van der Waals surface area contributed by atoms with Crippen molar-refractivity contribution >= 4 is 11.0 Å². The zero-order valence-corrected chi connectivity index (χ0v) is 11.7. The van der Waals surface area contributed by atoms with E-state index in [9.17, 15) is 0 Å². The molecule has 18 heavy (non-hydrogen) atoms. The van der Waals surface area contributed by atoms with Crippen molar-refractivity contribution in [3.63, 3.8) is 0 Å². The third kappa shape index (κ3) is 2.56. The summed E-state index contributed by atoms with van der Waals surface area (Å²) < 4.78 is 0. The minimum absolute atomic E-state index is 0.549. The van der Waals surface area contributed by atoms with Gasteiger partial charge in [0.25, 0.3) is 0 Å². The van der Waals surface area contributed by atoms with Crippen LogP contribution in [0.2, 0.25) is 0 Å². The highest BCUT2D eigenvalue weighted by atomic mass is 14.9. The predicted octanol–water partition coefficient (Wildman–Crippen LogP) is 3.08. The topological polar surface area (TPSA) is 40.7 Å². The molecule has 0 saturated carbocycles. The molecule has 2 aromatic rings. The average molecular weight is 245 g/mol. The highest BCUT2D eigenvalue weighted by Gasteiger charge is 2.15. The van der Waals surface area contributed by atoms with Gasteiger partial charge in [-0.05, 0) is 36.6 Å². The molecular weight excluding hydrogens is 222 g/mol. The largest absolute Gasteiger partial charge is 0.342 e. The highest BCUT2D eigenvalue weighted by molar-refractivity contribution is 5.76. The van der Waals surface area contributed by atoms with E-state index in [2.05, 4.69) is 54.3 Å².